The third kappa shape index (κ3) is 3.33. The summed E-state index contributed by atoms with van der Waals surface area (Å²) in [6, 6.07) is 12.6. The van der Waals surface area contributed by atoms with Gasteiger partial charge in [0.2, 0.25) is 0 Å². The van der Waals surface area contributed by atoms with Gasteiger partial charge in [-0.1, -0.05) is 12.1 Å². The molecular weight excluding hydrogens is 307 g/mol. The highest BCUT2D eigenvalue weighted by Gasteiger charge is 2.03. The van der Waals surface area contributed by atoms with Gasteiger partial charge in [-0.15, -0.1) is 0 Å². The van der Waals surface area contributed by atoms with Crippen LogP contribution in [0.25, 0.3) is 0 Å². The zero-order chi connectivity index (χ0) is 13.8. The lowest BCUT2D eigenvalue weighted by atomic mass is 10.1. The van der Waals surface area contributed by atoms with Crippen LogP contribution in [0, 0.1) is 24.1 Å². The molecule has 2 nitrogen and oxygen atoms in total. The molecule has 2 aromatic rings. The third-order valence-electron chi connectivity index (χ3n) is 2.82. The van der Waals surface area contributed by atoms with Gasteiger partial charge in [0.15, 0.2) is 0 Å². The molecular formula is C15H12BrFN2. The Labute approximate surface area is 120 Å². The molecule has 19 heavy (non-hydrogen) atoms. The Morgan fingerprint density at radius 1 is 1.26 bits per heavy atom. The molecule has 2 aromatic carbocycles. The second-order valence-electron chi connectivity index (χ2n) is 4.24. The van der Waals surface area contributed by atoms with Crippen molar-refractivity contribution in [1.82, 2.24) is 0 Å². The number of aryl methyl sites for hydroxylation is 1. The molecule has 0 unspecified atom stereocenters. The van der Waals surface area contributed by atoms with E-state index < -0.39 is 0 Å². The van der Waals surface area contributed by atoms with Gasteiger partial charge in [-0.05, 0) is 58.2 Å². The number of nitrogens with one attached hydrogen (secondary N) is 1. The van der Waals surface area contributed by atoms with E-state index in [0.29, 0.717) is 17.7 Å². The van der Waals surface area contributed by atoms with E-state index >= 15 is 0 Å². The van der Waals surface area contributed by atoms with Crippen molar-refractivity contribution in [3.8, 4) is 6.07 Å². The molecule has 0 bridgehead atoms. The lowest BCUT2D eigenvalue weighted by molar-refractivity contribution is 0.616. The van der Waals surface area contributed by atoms with E-state index in [1.807, 2.05) is 12.1 Å². The number of halogens is 2. The van der Waals surface area contributed by atoms with E-state index in [1.165, 1.54) is 6.07 Å². The van der Waals surface area contributed by atoms with Crippen molar-refractivity contribution >= 4 is 21.6 Å². The first-order valence-corrected chi connectivity index (χ1v) is 6.58. The molecule has 0 heterocycles. The van der Waals surface area contributed by atoms with Crippen molar-refractivity contribution < 1.29 is 4.39 Å². The predicted octanol–water partition coefficient (Wildman–Crippen LogP) is 4.38. The maximum Gasteiger partial charge on any atom is 0.126 e. The fraction of sp³-hybridized carbons (Fsp3) is 0.133. The SMILES string of the molecule is Cc1ccc(CNc2ccc(C#N)cc2Br)cc1F. The summed E-state index contributed by atoms with van der Waals surface area (Å²) in [5.41, 5.74) is 2.99. The average molecular weight is 319 g/mol. The molecule has 0 radical (unpaired) electrons. The molecule has 2 rings (SSSR count). The lowest BCUT2D eigenvalue weighted by Gasteiger charge is -2.09. The first kappa shape index (κ1) is 13.6. The maximum absolute atomic E-state index is 13.4. The molecule has 0 saturated heterocycles. The Morgan fingerprint density at radius 2 is 2.05 bits per heavy atom. The standard InChI is InChI=1S/C15H12BrFN2/c1-10-2-3-12(7-14(10)17)9-19-15-5-4-11(8-18)6-13(15)16/h2-7,19H,9H2,1H3. The van der Waals surface area contributed by atoms with Crippen molar-refractivity contribution in [2.24, 2.45) is 0 Å². The van der Waals surface area contributed by atoms with Gasteiger partial charge in [0, 0.05) is 16.7 Å². The van der Waals surface area contributed by atoms with Crippen LogP contribution in [0.1, 0.15) is 16.7 Å². The molecule has 4 heteroatoms. The van der Waals surface area contributed by atoms with Gasteiger partial charge in [-0.25, -0.2) is 4.39 Å². The van der Waals surface area contributed by atoms with Gasteiger partial charge >= 0.3 is 0 Å². The molecule has 0 amide bonds. The van der Waals surface area contributed by atoms with Gasteiger partial charge in [0.25, 0.3) is 0 Å². The second-order valence-corrected chi connectivity index (χ2v) is 5.10. The molecule has 0 atom stereocenters. The Bertz CT molecular complexity index is 647. The molecule has 1 N–H and O–H groups in total. The normalized spacial score (nSPS) is 10.0. The molecule has 0 saturated carbocycles. The minimum Gasteiger partial charge on any atom is -0.380 e. The zero-order valence-electron chi connectivity index (χ0n) is 10.4. The second kappa shape index (κ2) is 5.85. The van der Waals surface area contributed by atoms with Gasteiger partial charge in [-0.2, -0.15) is 5.26 Å². The molecule has 0 fully saturated rings. The van der Waals surface area contributed by atoms with E-state index in [-0.39, 0.29) is 5.82 Å². The maximum atomic E-state index is 13.4. The minimum atomic E-state index is -0.196. The van der Waals surface area contributed by atoms with Crippen molar-refractivity contribution in [3.63, 3.8) is 0 Å². The Hall–Kier alpha value is -1.86. The fourth-order valence-corrected chi connectivity index (χ4v) is 2.19. The van der Waals surface area contributed by atoms with Crippen LogP contribution >= 0.6 is 15.9 Å². The van der Waals surface area contributed by atoms with Crippen LogP contribution in [-0.2, 0) is 6.54 Å². The Morgan fingerprint density at radius 3 is 2.68 bits per heavy atom. The summed E-state index contributed by atoms with van der Waals surface area (Å²) in [6.07, 6.45) is 0. The Kier molecular flexibility index (Phi) is 4.18. The topological polar surface area (TPSA) is 35.8 Å². The van der Waals surface area contributed by atoms with E-state index in [4.69, 9.17) is 5.26 Å². The molecule has 0 spiro atoms. The fourth-order valence-electron chi connectivity index (χ4n) is 1.67. The van der Waals surface area contributed by atoms with Gasteiger partial charge in [0.05, 0.1) is 11.6 Å². The number of hydrogen-bond acceptors (Lipinski definition) is 2. The highest BCUT2D eigenvalue weighted by molar-refractivity contribution is 9.10. The first-order chi connectivity index (χ1) is 9.10. The quantitative estimate of drug-likeness (QED) is 0.911. The summed E-state index contributed by atoms with van der Waals surface area (Å²) < 4.78 is 14.2. The van der Waals surface area contributed by atoms with E-state index in [0.717, 1.165) is 15.7 Å². The van der Waals surface area contributed by atoms with Crippen molar-refractivity contribution in [2.45, 2.75) is 13.5 Å². The molecule has 0 aliphatic carbocycles. The van der Waals surface area contributed by atoms with Crippen LogP contribution in [0.5, 0.6) is 0 Å². The zero-order valence-corrected chi connectivity index (χ0v) is 12.0. The minimum absolute atomic E-state index is 0.196. The number of benzene rings is 2. The van der Waals surface area contributed by atoms with Crippen molar-refractivity contribution in [2.75, 3.05) is 5.32 Å². The van der Waals surface area contributed by atoms with E-state index in [1.54, 1.807) is 25.1 Å². The van der Waals surface area contributed by atoms with Gasteiger partial charge in [0.1, 0.15) is 5.82 Å². The number of nitrogens with zero attached hydrogens (tertiary/aromatic N) is 1. The molecule has 0 aliphatic rings. The van der Waals surface area contributed by atoms with Crippen LogP contribution < -0.4 is 5.32 Å². The molecule has 0 aliphatic heterocycles. The smallest absolute Gasteiger partial charge is 0.126 e. The van der Waals surface area contributed by atoms with Crippen molar-refractivity contribution in [3.05, 3.63) is 63.4 Å². The number of anilines is 1. The van der Waals surface area contributed by atoms with E-state index in [2.05, 4.69) is 27.3 Å². The lowest BCUT2D eigenvalue weighted by Crippen LogP contribution is -2.01. The van der Waals surface area contributed by atoms with Crippen LogP contribution in [0.3, 0.4) is 0 Å². The monoisotopic (exact) mass is 318 g/mol. The summed E-state index contributed by atoms with van der Waals surface area (Å²) in [6.45, 7) is 2.27. The first-order valence-electron chi connectivity index (χ1n) is 5.78. The van der Waals surface area contributed by atoms with Crippen molar-refractivity contribution in [1.29, 1.82) is 5.26 Å². The van der Waals surface area contributed by atoms with Crippen LogP contribution in [0.2, 0.25) is 0 Å². The molecule has 96 valence electrons. The van der Waals surface area contributed by atoms with Crippen LogP contribution in [0.4, 0.5) is 10.1 Å². The highest BCUT2D eigenvalue weighted by Crippen LogP contribution is 2.24. The van der Waals surface area contributed by atoms with Crippen LogP contribution in [-0.4, -0.2) is 0 Å². The number of rotatable bonds is 3. The summed E-state index contributed by atoms with van der Waals surface area (Å²) in [5.74, 6) is -0.196. The average Bonchev–Trinajstić information content (AvgIpc) is 2.41. The summed E-state index contributed by atoms with van der Waals surface area (Å²) in [4.78, 5) is 0. The van der Waals surface area contributed by atoms with E-state index in [9.17, 15) is 4.39 Å². The largest absolute Gasteiger partial charge is 0.380 e. The summed E-state index contributed by atoms with van der Waals surface area (Å²) in [7, 11) is 0. The summed E-state index contributed by atoms with van der Waals surface area (Å²) in [5, 5.41) is 12.0. The summed E-state index contributed by atoms with van der Waals surface area (Å²) >= 11 is 3.40. The number of nitriles is 1. The highest BCUT2D eigenvalue weighted by atomic mass is 79.9. The van der Waals surface area contributed by atoms with Gasteiger partial charge < -0.3 is 5.32 Å². The Balaban J connectivity index is 2.10. The van der Waals surface area contributed by atoms with Crippen LogP contribution in [0.15, 0.2) is 40.9 Å². The molecule has 0 aromatic heterocycles. The predicted molar refractivity (Wildman–Crippen MR) is 77.3 cm³/mol. The number of hydrogen-bond donors (Lipinski definition) is 1. The third-order valence-corrected chi connectivity index (χ3v) is 3.47. The van der Waals surface area contributed by atoms with Gasteiger partial charge in [-0.3, -0.25) is 0 Å².